The van der Waals surface area contributed by atoms with E-state index in [2.05, 4.69) is 23.5 Å². The second-order valence-corrected chi connectivity index (χ2v) is 11.4. The van der Waals surface area contributed by atoms with Gasteiger partial charge < -0.3 is 0 Å². The number of alkyl halides is 4. The van der Waals surface area contributed by atoms with Crippen molar-refractivity contribution in [2.75, 3.05) is 19.3 Å². The number of sulfone groups is 1. The fraction of sp³-hybridized carbons (Fsp3) is 0.406. The lowest BCUT2D eigenvalue weighted by atomic mass is 9.90. The van der Waals surface area contributed by atoms with Crippen LogP contribution in [0, 0.1) is 23.7 Å². The van der Waals surface area contributed by atoms with Crippen LogP contribution in [0.2, 0.25) is 0 Å². The minimum atomic E-state index is -4.49. The van der Waals surface area contributed by atoms with Gasteiger partial charge in [0.2, 0.25) is 0 Å². The molecule has 9 heteroatoms. The molecule has 2 rings (SSSR count). The smallest absolute Gasteiger partial charge is 0.287 e. The van der Waals surface area contributed by atoms with Gasteiger partial charge in [0.25, 0.3) is 0 Å². The summed E-state index contributed by atoms with van der Waals surface area (Å²) in [6, 6.07) is 15.1. The molecule has 0 aliphatic carbocycles. The molecular formula is C32H40F4N2O2S. The molecular weight excluding hydrogens is 552 g/mol. The first-order chi connectivity index (χ1) is 19.2. The lowest BCUT2D eigenvalue weighted by molar-refractivity contribution is -0.145. The van der Waals surface area contributed by atoms with Gasteiger partial charge in [-0.25, -0.2) is 12.8 Å². The molecule has 0 aliphatic rings. The van der Waals surface area contributed by atoms with E-state index < -0.39 is 34.6 Å². The van der Waals surface area contributed by atoms with Crippen LogP contribution < -0.4 is 0 Å². The predicted octanol–water partition coefficient (Wildman–Crippen LogP) is 7.67. The molecule has 224 valence electrons. The number of halogens is 4. The van der Waals surface area contributed by atoms with E-state index in [1.54, 1.807) is 26.0 Å². The summed E-state index contributed by atoms with van der Waals surface area (Å²) in [4.78, 5) is 0.0913. The Morgan fingerprint density at radius 1 is 1.05 bits per heavy atom. The molecule has 41 heavy (non-hydrogen) atoms. The maximum absolute atomic E-state index is 13.5. The van der Waals surface area contributed by atoms with Gasteiger partial charge in [0.1, 0.15) is 6.54 Å². The highest BCUT2D eigenvalue weighted by Crippen LogP contribution is 2.24. The van der Waals surface area contributed by atoms with Crippen LogP contribution >= 0.6 is 0 Å². The highest BCUT2D eigenvalue weighted by atomic mass is 32.2. The molecule has 0 spiro atoms. The van der Waals surface area contributed by atoms with E-state index in [9.17, 15) is 26.0 Å². The van der Waals surface area contributed by atoms with Crippen molar-refractivity contribution in [2.24, 2.45) is 16.9 Å². The topological polar surface area (TPSA) is 49.7 Å². The Bertz CT molecular complexity index is 1320. The average molecular weight is 593 g/mol. The fourth-order valence-corrected chi connectivity index (χ4v) is 4.39. The minimum absolute atomic E-state index is 0.0191. The van der Waals surface area contributed by atoms with Crippen LogP contribution in [0.25, 0.3) is 0 Å². The first-order valence-electron chi connectivity index (χ1n) is 13.4. The van der Waals surface area contributed by atoms with Gasteiger partial charge in [-0.05, 0) is 49.6 Å². The second-order valence-electron chi connectivity index (χ2n) is 9.37. The van der Waals surface area contributed by atoms with Crippen LogP contribution in [-0.4, -0.2) is 50.8 Å². The van der Waals surface area contributed by atoms with Crippen LogP contribution in [0.5, 0.6) is 0 Å². The first kappa shape index (κ1) is 35.6. The van der Waals surface area contributed by atoms with E-state index in [1.807, 2.05) is 57.2 Å². The molecule has 0 radical (unpaired) electrons. The summed E-state index contributed by atoms with van der Waals surface area (Å²) in [7, 11) is -3.46. The Morgan fingerprint density at radius 3 is 2.15 bits per heavy atom. The molecule has 0 aromatic heterocycles. The quantitative estimate of drug-likeness (QED) is 0.0885. The van der Waals surface area contributed by atoms with E-state index in [1.165, 1.54) is 12.1 Å². The third-order valence-electron chi connectivity index (χ3n) is 5.95. The van der Waals surface area contributed by atoms with Gasteiger partial charge in [-0.1, -0.05) is 93.3 Å². The van der Waals surface area contributed by atoms with Gasteiger partial charge in [-0.2, -0.15) is 18.3 Å². The molecule has 2 aromatic rings. The zero-order valence-electron chi connectivity index (χ0n) is 24.5. The molecule has 4 nitrogen and oxygen atoms in total. The van der Waals surface area contributed by atoms with Crippen molar-refractivity contribution in [1.29, 1.82) is 0 Å². The molecule has 0 N–H and O–H groups in total. The summed E-state index contributed by atoms with van der Waals surface area (Å²) >= 11 is 0. The molecule has 0 amide bonds. The van der Waals surface area contributed by atoms with Gasteiger partial charge in [0.05, 0.1) is 10.6 Å². The van der Waals surface area contributed by atoms with E-state index >= 15 is 0 Å². The summed E-state index contributed by atoms with van der Waals surface area (Å²) in [6.07, 6.45) is -1.61. The molecule has 0 fully saturated rings. The summed E-state index contributed by atoms with van der Waals surface area (Å²) < 4.78 is 78.0. The van der Waals surface area contributed by atoms with Crippen molar-refractivity contribution in [1.82, 2.24) is 5.01 Å². The number of benzene rings is 2. The van der Waals surface area contributed by atoms with Gasteiger partial charge in [0.15, 0.2) is 16.0 Å². The van der Waals surface area contributed by atoms with Crippen LogP contribution in [0.15, 0.2) is 88.9 Å². The molecule has 0 bridgehead atoms. The Balaban J connectivity index is 0.00000411. The van der Waals surface area contributed by atoms with Crippen molar-refractivity contribution in [2.45, 2.75) is 58.3 Å². The molecule has 0 aliphatic heterocycles. The Kier molecular flexibility index (Phi) is 14.6. The van der Waals surface area contributed by atoms with Crippen molar-refractivity contribution in [3.8, 4) is 11.8 Å². The standard InChI is InChI=1S/C30H34F4N2O2S.C2H6/c1-6-27(31)15-12-22(2)20-23(3)24(4)29(26-13-16-28(17-14-26)39(5,37)38)35-36(21-30(32,33)34)19-18-25-10-8-7-9-11-25;1-2/h6-11,13-14,16-17,20,22,24,27H,1,18-19,21H2,2-5H3;1-2H3/b23-20+,35-29+;. The maximum atomic E-state index is 13.5. The van der Waals surface area contributed by atoms with Crippen LogP contribution in [0.3, 0.4) is 0 Å². The third kappa shape index (κ3) is 13.2. The zero-order chi connectivity index (χ0) is 31.2. The summed E-state index contributed by atoms with van der Waals surface area (Å²) in [6.45, 7) is 11.5. The fourth-order valence-electron chi connectivity index (χ4n) is 3.76. The van der Waals surface area contributed by atoms with Crippen molar-refractivity contribution >= 4 is 15.5 Å². The Labute approximate surface area is 242 Å². The normalized spacial score (nSPS) is 14.5. The van der Waals surface area contributed by atoms with Crippen LogP contribution in [0.1, 0.15) is 45.7 Å². The summed E-state index contributed by atoms with van der Waals surface area (Å²) in [5.41, 5.74) is 2.48. The lowest BCUT2D eigenvalue weighted by Gasteiger charge is -2.25. The highest BCUT2D eigenvalue weighted by molar-refractivity contribution is 7.90. The van der Waals surface area contributed by atoms with Crippen molar-refractivity contribution in [3.63, 3.8) is 0 Å². The number of hydrazone groups is 1. The summed E-state index contributed by atoms with van der Waals surface area (Å²) in [5, 5.41) is 5.48. The lowest BCUT2D eigenvalue weighted by Crippen LogP contribution is -2.34. The monoisotopic (exact) mass is 592 g/mol. The molecule has 3 atom stereocenters. The predicted molar refractivity (Wildman–Crippen MR) is 160 cm³/mol. The number of nitrogens with zero attached hydrogens (tertiary/aromatic N) is 2. The Morgan fingerprint density at radius 2 is 1.63 bits per heavy atom. The van der Waals surface area contributed by atoms with E-state index in [4.69, 9.17) is 0 Å². The second kappa shape index (κ2) is 16.8. The van der Waals surface area contributed by atoms with Gasteiger partial charge >= 0.3 is 6.18 Å². The van der Waals surface area contributed by atoms with Gasteiger partial charge in [-0.3, -0.25) is 5.01 Å². The minimum Gasteiger partial charge on any atom is -0.287 e. The third-order valence-corrected chi connectivity index (χ3v) is 7.08. The van der Waals surface area contributed by atoms with Gasteiger partial charge in [0, 0.05) is 24.6 Å². The SMILES string of the molecule is C=CC(F)C#CC(C)/C=C(\C)C(C)/C(=N\N(CCc1ccccc1)CC(F)(F)F)c1ccc(S(C)(=O)=O)cc1.CC. The van der Waals surface area contributed by atoms with Crippen LogP contribution in [0.4, 0.5) is 17.6 Å². The first-order valence-corrected chi connectivity index (χ1v) is 15.3. The summed E-state index contributed by atoms with van der Waals surface area (Å²) in [5.74, 6) is 4.46. The maximum Gasteiger partial charge on any atom is 0.407 e. The molecule has 2 aromatic carbocycles. The Hall–Kier alpha value is -3.38. The van der Waals surface area contributed by atoms with Crippen molar-refractivity contribution in [3.05, 3.63) is 90.0 Å². The molecule has 3 unspecified atom stereocenters. The largest absolute Gasteiger partial charge is 0.407 e. The van der Waals surface area contributed by atoms with Crippen LogP contribution in [-0.2, 0) is 16.3 Å². The number of rotatable bonds is 11. The number of hydrogen-bond donors (Lipinski definition) is 0. The number of allylic oxidation sites excluding steroid dienone is 3. The highest BCUT2D eigenvalue weighted by Gasteiger charge is 2.31. The van der Waals surface area contributed by atoms with Gasteiger partial charge in [-0.15, -0.1) is 0 Å². The van der Waals surface area contributed by atoms with E-state index in [0.717, 1.165) is 28.5 Å². The van der Waals surface area contributed by atoms with E-state index in [0.29, 0.717) is 17.7 Å². The van der Waals surface area contributed by atoms with E-state index in [-0.39, 0.29) is 17.4 Å². The number of hydrogen-bond acceptors (Lipinski definition) is 4. The van der Waals surface area contributed by atoms with Crippen molar-refractivity contribution < 1.29 is 26.0 Å². The average Bonchev–Trinajstić information content (AvgIpc) is 2.93. The molecule has 0 heterocycles. The molecule has 0 saturated heterocycles. The zero-order valence-corrected chi connectivity index (χ0v) is 25.4. The molecule has 0 saturated carbocycles.